The molecule has 0 aliphatic heterocycles. The smallest absolute Gasteiger partial charge is 0.241 e. The van der Waals surface area contributed by atoms with Crippen molar-refractivity contribution in [2.24, 2.45) is 11.8 Å². The highest BCUT2D eigenvalue weighted by molar-refractivity contribution is 7.19. The van der Waals surface area contributed by atoms with E-state index in [1.165, 1.54) is 16.9 Å². The van der Waals surface area contributed by atoms with Gasteiger partial charge in [0.15, 0.2) is 5.65 Å². The number of nitrogen functional groups attached to an aromatic ring is 1. The number of fused-ring (bicyclic) bond motifs is 5. The topological polar surface area (TPSA) is 81.1 Å². The summed E-state index contributed by atoms with van der Waals surface area (Å²) in [6, 6.07) is 0. The molecule has 7 heteroatoms. The molecule has 0 fully saturated rings. The Hall–Kier alpha value is -1.73. The minimum Gasteiger partial charge on any atom is -0.292 e. The number of nitrogens with zero attached hydrogens (tertiary/aromatic N) is 4. The standard InChI is InChI=1S/C12H14N6S/c1-6-2-3-8-7(4-6)9-10-14-5-15-18(10)12(17-13)16-11(9)19-8/h5-6H,2-4,13H2,1H3,(H,16,17)/t6-/m0/s1. The molecule has 0 aromatic carbocycles. The van der Waals surface area contributed by atoms with Gasteiger partial charge >= 0.3 is 0 Å². The number of hydrogen-bond donors (Lipinski definition) is 2. The number of nitrogens with one attached hydrogen (secondary N) is 1. The van der Waals surface area contributed by atoms with Gasteiger partial charge in [0.25, 0.3) is 0 Å². The largest absolute Gasteiger partial charge is 0.292 e. The van der Waals surface area contributed by atoms with Crippen molar-refractivity contribution in [3.8, 4) is 0 Å². The van der Waals surface area contributed by atoms with Crippen molar-refractivity contribution < 1.29 is 0 Å². The SMILES string of the molecule is C[C@H]1CCc2sc3nc(NN)n4ncnc4c3c2C1. The van der Waals surface area contributed by atoms with E-state index in [9.17, 15) is 0 Å². The molecule has 98 valence electrons. The van der Waals surface area contributed by atoms with Crippen molar-refractivity contribution in [2.75, 3.05) is 5.43 Å². The number of rotatable bonds is 1. The van der Waals surface area contributed by atoms with Gasteiger partial charge in [-0.1, -0.05) is 6.92 Å². The molecule has 3 heterocycles. The molecule has 3 aromatic rings. The first-order valence-electron chi connectivity index (χ1n) is 6.38. The van der Waals surface area contributed by atoms with Crippen LogP contribution in [0.4, 0.5) is 5.95 Å². The minimum atomic E-state index is 0.534. The molecule has 1 aliphatic rings. The summed E-state index contributed by atoms with van der Waals surface area (Å²) >= 11 is 1.76. The molecule has 0 saturated carbocycles. The van der Waals surface area contributed by atoms with Crippen LogP contribution in [0.15, 0.2) is 6.33 Å². The highest BCUT2D eigenvalue weighted by atomic mass is 32.1. The second-order valence-corrected chi connectivity index (χ2v) is 6.19. The minimum absolute atomic E-state index is 0.534. The molecule has 0 saturated heterocycles. The fourth-order valence-corrected chi connectivity index (χ4v) is 4.07. The van der Waals surface area contributed by atoms with Crippen LogP contribution < -0.4 is 11.3 Å². The van der Waals surface area contributed by atoms with E-state index in [1.54, 1.807) is 22.2 Å². The van der Waals surface area contributed by atoms with Crippen LogP contribution in [0.25, 0.3) is 15.9 Å². The van der Waals surface area contributed by atoms with E-state index < -0.39 is 0 Å². The first kappa shape index (κ1) is 11.1. The maximum Gasteiger partial charge on any atom is 0.241 e. The first-order valence-corrected chi connectivity index (χ1v) is 7.20. The Balaban J connectivity index is 2.12. The molecule has 0 unspecified atom stereocenters. The van der Waals surface area contributed by atoms with Crippen molar-refractivity contribution in [2.45, 2.75) is 26.2 Å². The Labute approximate surface area is 113 Å². The zero-order valence-corrected chi connectivity index (χ0v) is 11.4. The van der Waals surface area contributed by atoms with Crippen LogP contribution in [0.5, 0.6) is 0 Å². The Morgan fingerprint density at radius 3 is 3.26 bits per heavy atom. The molecule has 0 spiro atoms. The second kappa shape index (κ2) is 3.88. The van der Waals surface area contributed by atoms with E-state index in [4.69, 9.17) is 5.84 Å². The number of hydrogen-bond acceptors (Lipinski definition) is 6. The van der Waals surface area contributed by atoms with Crippen molar-refractivity contribution in [3.05, 3.63) is 16.8 Å². The summed E-state index contributed by atoms with van der Waals surface area (Å²) in [6.07, 6.45) is 5.05. The fourth-order valence-electron chi connectivity index (χ4n) is 2.86. The Bertz CT molecular complexity index is 773. The van der Waals surface area contributed by atoms with Crippen LogP contribution >= 0.6 is 11.3 Å². The zero-order chi connectivity index (χ0) is 13.0. The van der Waals surface area contributed by atoms with Crippen LogP contribution in [0.2, 0.25) is 0 Å². The Morgan fingerprint density at radius 1 is 1.53 bits per heavy atom. The van der Waals surface area contributed by atoms with Crippen LogP contribution in [0.1, 0.15) is 23.8 Å². The van der Waals surface area contributed by atoms with Crippen LogP contribution in [-0.4, -0.2) is 19.6 Å². The highest BCUT2D eigenvalue weighted by Crippen LogP contribution is 2.39. The first-order chi connectivity index (χ1) is 9.28. The summed E-state index contributed by atoms with van der Waals surface area (Å²) in [5.41, 5.74) is 4.85. The van der Waals surface area contributed by atoms with Gasteiger partial charge in [0, 0.05) is 4.88 Å². The van der Waals surface area contributed by atoms with Gasteiger partial charge in [-0.3, -0.25) is 5.43 Å². The van der Waals surface area contributed by atoms with E-state index in [-0.39, 0.29) is 0 Å². The third-order valence-electron chi connectivity index (χ3n) is 3.80. The molecule has 3 aromatic heterocycles. The number of thiophene rings is 1. The van der Waals surface area contributed by atoms with E-state index in [0.717, 1.165) is 34.6 Å². The molecule has 19 heavy (non-hydrogen) atoms. The van der Waals surface area contributed by atoms with Crippen molar-refractivity contribution in [1.82, 2.24) is 19.6 Å². The summed E-state index contributed by atoms with van der Waals surface area (Å²) in [7, 11) is 0. The summed E-state index contributed by atoms with van der Waals surface area (Å²) in [6.45, 7) is 2.30. The van der Waals surface area contributed by atoms with E-state index in [2.05, 4.69) is 27.4 Å². The molecule has 0 bridgehead atoms. The normalized spacial score (nSPS) is 18.9. The van der Waals surface area contributed by atoms with Gasteiger partial charge in [-0.05, 0) is 30.7 Å². The molecular weight excluding hydrogens is 260 g/mol. The monoisotopic (exact) mass is 274 g/mol. The lowest BCUT2D eigenvalue weighted by atomic mass is 9.89. The zero-order valence-electron chi connectivity index (χ0n) is 10.6. The Kier molecular flexibility index (Phi) is 2.27. The van der Waals surface area contributed by atoms with E-state index in [0.29, 0.717) is 5.95 Å². The number of hydrazine groups is 1. The van der Waals surface area contributed by atoms with Gasteiger partial charge in [-0.25, -0.2) is 15.8 Å². The number of anilines is 1. The van der Waals surface area contributed by atoms with Crippen molar-refractivity contribution >= 4 is 33.1 Å². The molecule has 0 amide bonds. The molecule has 4 rings (SSSR count). The number of aryl methyl sites for hydroxylation is 1. The fraction of sp³-hybridized carbons (Fsp3) is 0.417. The second-order valence-electron chi connectivity index (χ2n) is 5.11. The Morgan fingerprint density at radius 2 is 2.42 bits per heavy atom. The van der Waals surface area contributed by atoms with Gasteiger partial charge in [-0.2, -0.15) is 9.61 Å². The van der Waals surface area contributed by atoms with E-state index >= 15 is 0 Å². The van der Waals surface area contributed by atoms with Gasteiger partial charge in [0.05, 0.1) is 5.39 Å². The lowest BCUT2D eigenvalue weighted by Crippen LogP contribution is -2.13. The summed E-state index contributed by atoms with van der Waals surface area (Å²) in [4.78, 5) is 11.4. The molecule has 1 aliphatic carbocycles. The van der Waals surface area contributed by atoms with Crippen LogP contribution in [-0.2, 0) is 12.8 Å². The maximum absolute atomic E-state index is 5.51. The number of aromatic nitrogens is 4. The maximum atomic E-state index is 5.51. The van der Waals surface area contributed by atoms with Crippen molar-refractivity contribution in [1.29, 1.82) is 0 Å². The highest BCUT2D eigenvalue weighted by Gasteiger charge is 2.24. The predicted molar refractivity (Wildman–Crippen MR) is 75.2 cm³/mol. The third-order valence-corrected chi connectivity index (χ3v) is 4.98. The summed E-state index contributed by atoms with van der Waals surface area (Å²) in [5, 5.41) is 5.35. The summed E-state index contributed by atoms with van der Waals surface area (Å²) < 4.78 is 1.68. The van der Waals surface area contributed by atoms with E-state index in [1.807, 2.05) is 0 Å². The predicted octanol–water partition coefficient (Wildman–Crippen LogP) is 1.75. The number of nitrogens with two attached hydrogens (primary N) is 1. The molecule has 6 nitrogen and oxygen atoms in total. The molecule has 3 N–H and O–H groups in total. The van der Waals surface area contributed by atoms with Gasteiger partial charge in [0.2, 0.25) is 5.95 Å². The third kappa shape index (κ3) is 1.48. The summed E-state index contributed by atoms with van der Waals surface area (Å²) in [5.74, 6) is 6.77. The van der Waals surface area contributed by atoms with Gasteiger partial charge < -0.3 is 0 Å². The lowest BCUT2D eigenvalue weighted by Gasteiger charge is -2.17. The van der Waals surface area contributed by atoms with Crippen molar-refractivity contribution in [3.63, 3.8) is 0 Å². The molecule has 0 radical (unpaired) electrons. The molecule has 1 atom stereocenters. The van der Waals surface area contributed by atoms with Gasteiger partial charge in [-0.15, -0.1) is 11.3 Å². The van der Waals surface area contributed by atoms with Gasteiger partial charge in [0.1, 0.15) is 11.2 Å². The lowest BCUT2D eigenvalue weighted by molar-refractivity contribution is 0.508. The quantitative estimate of drug-likeness (QED) is 0.522. The average Bonchev–Trinajstić information content (AvgIpc) is 3.00. The van der Waals surface area contributed by atoms with Crippen LogP contribution in [0.3, 0.4) is 0 Å². The molecular formula is C12H14N6S. The van der Waals surface area contributed by atoms with Crippen LogP contribution in [0, 0.1) is 5.92 Å². The average molecular weight is 274 g/mol.